The first-order valence-corrected chi connectivity index (χ1v) is 11.5. The van der Waals surface area contributed by atoms with Crippen LogP contribution in [-0.2, 0) is 14.2 Å². The highest BCUT2D eigenvalue weighted by Crippen LogP contribution is 2.41. The van der Waals surface area contributed by atoms with E-state index in [1.165, 1.54) is 36.9 Å². The lowest BCUT2D eigenvalue weighted by atomic mass is 10.2. The van der Waals surface area contributed by atoms with Gasteiger partial charge in [0.2, 0.25) is 0 Å². The zero-order valence-corrected chi connectivity index (χ0v) is 19.5. The van der Waals surface area contributed by atoms with Crippen LogP contribution in [0.4, 0.5) is 15.9 Å². The zero-order chi connectivity index (χ0) is 23.3. The standard InChI is InChI=1S/C23H24FN3O5S/c1-11-18-20(25-10-26-21(18)33-19(11)22(28)29-4)27-14-6-5-12(24)7-15(14)30-13-8-16-17(9-13)32-23(2,3)31-16/h5-7,10,13,16-17H,8-9H2,1-4H3,(H,25,26,27)/t13?,16-,17+. The molecule has 2 fully saturated rings. The van der Waals surface area contributed by atoms with Crippen molar-refractivity contribution in [3.63, 3.8) is 0 Å². The molecule has 3 atom stereocenters. The van der Waals surface area contributed by atoms with Gasteiger partial charge in [-0.1, -0.05) is 0 Å². The van der Waals surface area contributed by atoms with Crippen LogP contribution in [0.2, 0.25) is 0 Å². The molecule has 3 heterocycles. The fourth-order valence-corrected chi connectivity index (χ4v) is 5.54. The minimum atomic E-state index is -0.592. The maximum atomic E-state index is 14.1. The first-order chi connectivity index (χ1) is 15.7. The Morgan fingerprint density at radius 1 is 1.24 bits per heavy atom. The predicted octanol–water partition coefficient (Wildman–Crippen LogP) is 4.73. The van der Waals surface area contributed by atoms with E-state index < -0.39 is 17.6 Å². The van der Waals surface area contributed by atoms with Crippen molar-refractivity contribution in [1.29, 1.82) is 0 Å². The van der Waals surface area contributed by atoms with Crippen LogP contribution >= 0.6 is 11.3 Å². The number of nitrogens with zero attached hydrogens (tertiary/aromatic N) is 2. The Bertz CT molecular complexity index is 1210. The van der Waals surface area contributed by atoms with Crippen molar-refractivity contribution in [3.05, 3.63) is 40.8 Å². The Kier molecular flexibility index (Phi) is 5.46. The van der Waals surface area contributed by atoms with E-state index in [0.29, 0.717) is 45.2 Å². The van der Waals surface area contributed by atoms with Crippen LogP contribution in [0.25, 0.3) is 10.2 Å². The monoisotopic (exact) mass is 473 g/mol. The highest BCUT2D eigenvalue weighted by Gasteiger charge is 2.48. The Labute approximate surface area is 194 Å². The second kappa shape index (κ2) is 8.19. The molecule has 2 aliphatic rings. The number of ether oxygens (including phenoxy) is 4. The lowest BCUT2D eigenvalue weighted by Gasteiger charge is -2.22. The summed E-state index contributed by atoms with van der Waals surface area (Å²) in [4.78, 5) is 21.9. The van der Waals surface area contributed by atoms with E-state index in [1.54, 1.807) is 6.07 Å². The number of fused-ring (bicyclic) bond motifs is 2. The van der Waals surface area contributed by atoms with E-state index in [4.69, 9.17) is 18.9 Å². The topological polar surface area (TPSA) is 91.8 Å². The molecule has 0 radical (unpaired) electrons. The summed E-state index contributed by atoms with van der Waals surface area (Å²) in [5.74, 6) is -0.559. The molecule has 1 unspecified atom stereocenters. The van der Waals surface area contributed by atoms with Crippen LogP contribution in [0.5, 0.6) is 5.75 Å². The van der Waals surface area contributed by atoms with Crippen LogP contribution in [0.3, 0.4) is 0 Å². The summed E-state index contributed by atoms with van der Waals surface area (Å²) in [6, 6.07) is 4.31. The first kappa shape index (κ1) is 22.0. The molecule has 8 nitrogen and oxygen atoms in total. The van der Waals surface area contributed by atoms with Crippen molar-refractivity contribution in [2.45, 2.75) is 57.7 Å². The number of aryl methyl sites for hydroxylation is 1. The molecule has 1 aliphatic carbocycles. The summed E-state index contributed by atoms with van der Waals surface area (Å²) in [5, 5.41) is 3.95. The van der Waals surface area contributed by atoms with E-state index >= 15 is 0 Å². The number of hydrogen-bond acceptors (Lipinski definition) is 9. The summed E-state index contributed by atoms with van der Waals surface area (Å²) in [7, 11) is 1.34. The van der Waals surface area contributed by atoms with Gasteiger partial charge in [0.25, 0.3) is 0 Å². The molecule has 10 heteroatoms. The minimum Gasteiger partial charge on any atom is -0.488 e. The van der Waals surface area contributed by atoms with Gasteiger partial charge in [0.1, 0.15) is 39.5 Å². The van der Waals surface area contributed by atoms with Crippen LogP contribution in [0, 0.1) is 12.7 Å². The molecule has 1 saturated carbocycles. The van der Waals surface area contributed by atoms with E-state index in [-0.39, 0.29) is 18.3 Å². The zero-order valence-electron chi connectivity index (χ0n) is 18.7. The minimum absolute atomic E-state index is 0.0401. The number of nitrogens with one attached hydrogen (secondary N) is 1. The van der Waals surface area contributed by atoms with Gasteiger partial charge in [-0.05, 0) is 38.5 Å². The lowest BCUT2D eigenvalue weighted by molar-refractivity contribution is -0.155. The van der Waals surface area contributed by atoms with Gasteiger partial charge >= 0.3 is 5.97 Å². The predicted molar refractivity (Wildman–Crippen MR) is 121 cm³/mol. The van der Waals surface area contributed by atoms with Gasteiger partial charge in [-0.3, -0.25) is 0 Å². The van der Waals surface area contributed by atoms with E-state index in [2.05, 4.69) is 15.3 Å². The molecule has 2 aromatic heterocycles. The van der Waals surface area contributed by atoms with E-state index in [0.717, 1.165) is 5.56 Å². The van der Waals surface area contributed by atoms with Gasteiger partial charge < -0.3 is 24.3 Å². The highest BCUT2D eigenvalue weighted by molar-refractivity contribution is 7.20. The molecule has 5 rings (SSSR count). The molecular formula is C23H24FN3O5S. The van der Waals surface area contributed by atoms with Crippen molar-refractivity contribution < 1.29 is 28.1 Å². The van der Waals surface area contributed by atoms with Crippen LogP contribution in [0.15, 0.2) is 24.5 Å². The van der Waals surface area contributed by atoms with Gasteiger partial charge in [0.05, 0.1) is 30.4 Å². The maximum absolute atomic E-state index is 14.1. The van der Waals surface area contributed by atoms with E-state index in [9.17, 15) is 9.18 Å². The third-order valence-electron chi connectivity index (χ3n) is 5.86. The molecular weight excluding hydrogens is 449 g/mol. The second-order valence-corrected chi connectivity index (χ2v) is 9.64. The molecule has 0 amide bonds. The average molecular weight is 474 g/mol. The summed E-state index contributed by atoms with van der Waals surface area (Å²) in [5.41, 5.74) is 1.27. The number of rotatable bonds is 5. The largest absolute Gasteiger partial charge is 0.488 e. The van der Waals surface area contributed by atoms with Gasteiger partial charge in [0, 0.05) is 18.9 Å². The third kappa shape index (κ3) is 4.14. The second-order valence-electron chi connectivity index (χ2n) is 8.64. The molecule has 1 saturated heterocycles. The van der Waals surface area contributed by atoms with Crippen molar-refractivity contribution in [3.8, 4) is 5.75 Å². The van der Waals surface area contributed by atoms with Crippen molar-refractivity contribution in [1.82, 2.24) is 9.97 Å². The Morgan fingerprint density at radius 2 is 1.97 bits per heavy atom. The van der Waals surface area contributed by atoms with Crippen molar-refractivity contribution in [2.24, 2.45) is 0 Å². The first-order valence-electron chi connectivity index (χ1n) is 10.7. The van der Waals surface area contributed by atoms with Gasteiger partial charge in [-0.25, -0.2) is 19.2 Å². The van der Waals surface area contributed by atoms with Crippen LogP contribution in [0.1, 0.15) is 41.9 Å². The normalized spacial score (nSPS) is 23.5. The Balaban J connectivity index is 1.42. The molecule has 0 spiro atoms. The number of methoxy groups -OCH3 is 1. The molecule has 1 N–H and O–H groups in total. The van der Waals surface area contributed by atoms with Gasteiger partial charge in [-0.2, -0.15) is 0 Å². The SMILES string of the molecule is COC(=O)c1sc2ncnc(Nc3ccc(F)cc3OC3C[C@@H]4OC(C)(C)O[C@@H]4C3)c2c1C. The highest BCUT2D eigenvalue weighted by atomic mass is 32.1. The number of esters is 1. The number of anilines is 2. The molecule has 3 aromatic rings. The van der Waals surface area contributed by atoms with Crippen molar-refractivity contribution in [2.75, 3.05) is 12.4 Å². The number of thiophene rings is 1. The number of halogens is 1. The quantitative estimate of drug-likeness (QED) is 0.532. The van der Waals surface area contributed by atoms with Crippen LogP contribution < -0.4 is 10.1 Å². The summed E-state index contributed by atoms with van der Waals surface area (Å²) in [6.45, 7) is 5.62. The van der Waals surface area contributed by atoms with Crippen molar-refractivity contribution >= 4 is 39.0 Å². The molecule has 0 bridgehead atoms. The van der Waals surface area contributed by atoms with E-state index in [1.807, 2.05) is 20.8 Å². The lowest BCUT2D eigenvalue weighted by Crippen LogP contribution is -2.25. The van der Waals surface area contributed by atoms with Crippen LogP contribution in [-0.4, -0.2) is 47.1 Å². The number of carbonyl (C=O) groups is 1. The summed E-state index contributed by atoms with van der Waals surface area (Å²) in [6.07, 6.45) is 2.49. The molecule has 1 aliphatic heterocycles. The number of aromatic nitrogens is 2. The summed E-state index contributed by atoms with van der Waals surface area (Å²) >= 11 is 1.24. The van der Waals surface area contributed by atoms with Gasteiger partial charge in [0.15, 0.2) is 5.79 Å². The Morgan fingerprint density at radius 3 is 2.67 bits per heavy atom. The fraction of sp³-hybridized carbons (Fsp3) is 0.435. The maximum Gasteiger partial charge on any atom is 0.348 e. The Hall–Kier alpha value is -2.82. The smallest absolute Gasteiger partial charge is 0.348 e. The number of hydrogen-bond donors (Lipinski definition) is 1. The van der Waals surface area contributed by atoms with Gasteiger partial charge in [-0.15, -0.1) is 11.3 Å². The molecule has 174 valence electrons. The number of carbonyl (C=O) groups excluding carboxylic acids is 1. The molecule has 1 aromatic carbocycles. The average Bonchev–Trinajstić information content (AvgIpc) is 3.38. The third-order valence-corrected chi connectivity index (χ3v) is 7.04. The molecule has 33 heavy (non-hydrogen) atoms. The number of benzene rings is 1. The fourth-order valence-electron chi connectivity index (χ4n) is 4.48. The summed E-state index contributed by atoms with van der Waals surface area (Å²) < 4.78 is 37.0.